The molecule has 0 fully saturated rings. The van der Waals surface area contributed by atoms with Crippen LogP contribution in [-0.2, 0) is 13.0 Å². The van der Waals surface area contributed by atoms with Crippen LogP contribution in [0, 0.1) is 0 Å². The first kappa shape index (κ1) is 26.7. The van der Waals surface area contributed by atoms with Crippen molar-refractivity contribution in [1.29, 1.82) is 0 Å². The summed E-state index contributed by atoms with van der Waals surface area (Å²) in [6.07, 6.45) is 0.285. The second-order valence-corrected chi connectivity index (χ2v) is 9.14. The van der Waals surface area contributed by atoms with Gasteiger partial charge in [0.1, 0.15) is 0 Å². The number of H-pyrrole nitrogens is 1. The third-order valence-corrected chi connectivity index (χ3v) is 6.50. The van der Waals surface area contributed by atoms with Crippen molar-refractivity contribution in [2.45, 2.75) is 38.9 Å². The summed E-state index contributed by atoms with van der Waals surface area (Å²) in [4.78, 5) is 30.2. The van der Waals surface area contributed by atoms with Gasteiger partial charge in [0.05, 0.1) is 23.5 Å². The first-order valence-corrected chi connectivity index (χ1v) is 12.6. The summed E-state index contributed by atoms with van der Waals surface area (Å²) in [6.45, 7) is 2.11. The summed E-state index contributed by atoms with van der Waals surface area (Å²) in [5.41, 5.74) is 2.43. The monoisotopic (exact) mass is 547 g/mol. The number of nitrogens with zero attached hydrogens (tertiary/aromatic N) is 6. The van der Waals surface area contributed by atoms with Crippen molar-refractivity contribution in [1.82, 2.24) is 34.7 Å². The molecule has 0 amide bonds. The predicted molar refractivity (Wildman–Crippen MR) is 141 cm³/mol. The second kappa shape index (κ2) is 11.1. The fourth-order valence-electron chi connectivity index (χ4n) is 4.51. The number of hydrogen-bond acceptors (Lipinski definition) is 6. The van der Waals surface area contributed by atoms with Crippen LogP contribution in [-0.4, -0.2) is 46.7 Å². The smallest absolute Gasteiger partial charge is 0.290 e. The summed E-state index contributed by atoms with van der Waals surface area (Å²) >= 11 is 0. The average Bonchev–Trinajstić information content (AvgIpc) is 3.60. The number of rotatable bonds is 9. The third-order valence-electron chi connectivity index (χ3n) is 6.50. The molecule has 5 rings (SSSR count). The normalized spacial score (nSPS) is 11.6. The maximum atomic E-state index is 13.5. The number of benzene rings is 2. The Morgan fingerprint density at radius 2 is 1.75 bits per heavy atom. The number of aromatic nitrogens is 7. The van der Waals surface area contributed by atoms with Crippen LogP contribution in [0.2, 0.25) is 0 Å². The molecule has 9 nitrogen and oxygen atoms in total. The highest BCUT2D eigenvalue weighted by atomic mass is 19.4. The van der Waals surface area contributed by atoms with Gasteiger partial charge < -0.3 is 0 Å². The highest BCUT2D eigenvalue weighted by Crippen LogP contribution is 2.29. The molecule has 0 spiro atoms. The van der Waals surface area contributed by atoms with E-state index in [0.29, 0.717) is 23.6 Å². The first-order chi connectivity index (χ1) is 19.3. The lowest BCUT2D eigenvalue weighted by Crippen LogP contribution is -2.28. The van der Waals surface area contributed by atoms with E-state index in [1.165, 1.54) is 29.0 Å². The highest BCUT2D eigenvalue weighted by Gasteiger charge is 2.40. The number of para-hydroxylation sites is 1. The number of aromatic amines is 1. The van der Waals surface area contributed by atoms with Crippen LogP contribution in [0.15, 0.2) is 77.9 Å². The second-order valence-electron chi connectivity index (χ2n) is 9.14. The van der Waals surface area contributed by atoms with Gasteiger partial charge in [-0.3, -0.25) is 18.9 Å². The predicted octanol–water partition coefficient (Wildman–Crippen LogP) is 5.02. The molecule has 0 unspecified atom stereocenters. The van der Waals surface area contributed by atoms with Crippen LogP contribution in [0.5, 0.6) is 0 Å². The SMILES string of the molecule is CCCCc1cn(-c2ccccc2C(=O)C(F)(F)F)c(=O)n1Cc1ccc(-c2ccccc2-c2nnn[nH]2)cn1. The minimum atomic E-state index is -5.07. The molecule has 1 N–H and O–H groups in total. The molecule has 3 aromatic heterocycles. The summed E-state index contributed by atoms with van der Waals surface area (Å²) in [7, 11) is 0. The van der Waals surface area contributed by atoms with Crippen molar-refractivity contribution in [3.05, 3.63) is 100 Å². The number of hydrogen-bond donors (Lipinski definition) is 1. The molecule has 3 heterocycles. The molecule has 40 heavy (non-hydrogen) atoms. The number of imidazole rings is 1. The quantitative estimate of drug-likeness (QED) is 0.260. The van der Waals surface area contributed by atoms with Gasteiger partial charge in [-0.1, -0.05) is 55.8 Å². The molecule has 0 atom stereocenters. The van der Waals surface area contributed by atoms with Crippen molar-refractivity contribution in [3.63, 3.8) is 0 Å². The van der Waals surface area contributed by atoms with E-state index >= 15 is 0 Å². The molecule has 2 aromatic carbocycles. The molecular formula is C28H24F3N7O2. The molecule has 5 aromatic rings. The van der Waals surface area contributed by atoms with Crippen LogP contribution in [0.25, 0.3) is 28.2 Å². The molecule has 0 saturated heterocycles. The summed E-state index contributed by atoms with van der Waals surface area (Å²) < 4.78 is 42.4. The lowest BCUT2D eigenvalue weighted by molar-refractivity contribution is -0.0885. The molecule has 0 aliphatic heterocycles. The van der Waals surface area contributed by atoms with Gasteiger partial charge in [-0.05, 0) is 47.0 Å². The molecule has 0 aliphatic rings. The molecule has 0 saturated carbocycles. The fraction of sp³-hybridized carbons (Fsp3) is 0.214. The van der Waals surface area contributed by atoms with Gasteiger partial charge in [0.2, 0.25) is 0 Å². The van der Waals surface area contributed by atoms with E-state index in [-0.39, 0.29) is 12.2 Å². The molecule has 12 heteroatoms. The Morgan fingerprint density at radius 1 is 1.00 bits per heavy atom. The highest BCUT2D eigenvalue weighted by molar-refractivity contribution is 6.03. The van der Waals surface area contributed by atoms with E-state index < -0.39 is 23.2 Å². The topological polar surface area (TPSA) is 111 Å². The fourth-order valence-corrected chi connectivity index (χ4v) is 4.51. The van der Waals surface area contributed by atoms with Crippen LogP contribution in [0.1, 0.15) is 41.5 Å². The number of carbonyl (C=O) groups is 1. The largest absolute Gasteiger partial charge is 0.454 e. The van der Waals surface area contributed by atoms with Gasteiger partial charge in [-0.15, -0.1) is 5.10 Å². The average molecular weight is 548 g/mol. The van der Waals surface area contributed by atoms with Crippen LogP contribution in [0.4, 0.5) is 13.2 Å². The molecule has 0 aliphatic carbocycles. The number of tetrazole rings is 1. The zero-order chi connectivity index (χ0) is 28.3. The van der Waals surface area contributed by atoms with Crippen molar-refractivity contribution >= 4 is 5.78 Å². The van der Waals surface area contributed by atoms with E-state index in [4.69, 9.17) is 0 Å². The maximum Gasteiger partial charge on any atom is 0.454 e. The number of ketones is 1. The number of nitrogens with one attached hydrogen (secondary N) is 1. The van der Waals surface area contributed by atoms with E-state index in [1.807, 2.05) is 37.3 Å². The Hall–Kier alpha value is -4.87. The lowest BCUT2D eigenvalue weighted by atomic mass is 10.0. The van der Waals surface area contributed by atoms with Crippen molar-refractivity contribution in [2.24, 2.45) is 0 Å². The number of aryl methyl sites for hydroxylation is 1. The van der Waals surface area contributed by atoms with Crippen molar-refractivity contribution in [3.8, 4) is 28.2 Å². The zero-order valence-corrected chi connectivity index (χ0v) is 21.4. The van der Waals surface area contributed by atoms with Gasteiger partial charge in [0.15, 0.2) is 5.82 Å². The van der Waals surface area contributed by atoms with E-state index in [1.54, 1.807) is 12.3 Å². The number of alkyl halides is 3. The third kappa shape index (κ3) is 5.33. The Kier molecular flexibility index (Phi) is 7.41. The molecular weight excluding hydrogens is 523 g/mol. The summed E-state index contributed by atoms with van der Waals surface area (Å²) in [6, 6.07) is 16.5. The summed E-state index contributed by atoms with van der Waals surface area (Å²) in [5.74, 6) is -1.49. The number of unbranched alkanes of at least 4 members (excludes halogenated alkanes) is 1. The van der Waals surface area contributed by atoms with Gasteiger partial charge in [0, 0.05) is 29.2 Å². The molecule has 0 bridgehead atoms. The molecule has 204 valence electrons. The number of Topliss-reactive ketones (excluding diaryl/α,β-unsaturated/α-hetero) is 1. The number of pyridine rings is 1. The first-order valence-electron chi connectivity index (χ1n) is 12.6. The van der Waals surface area contributed by atoms with Crippen molar-refractivity contribution < 1.29 is 18.0 Å². The van der Waals surface area contributed by atoms with Gasteiger partial charge >= 0.3 is 11.9 Å². The minimum absolute atomic E-state index is 0.105. The van der Waals surface area contributed by atoms with E-state index in [9.17, 15) is 22.8 Å². The Balaban J connectivity index is 1.50. The van der Waals surface area contributed by atoms with Gasteiger partial charge in [-0.2, -0.15) is 13.2 Å². The van der Waals surface area contributed by atoms with Crippen LogP contribution >= 0.6 is 0 Å². The molecule has 0 radical (unpaired) electrons. The van der Waals surface area contributed by atoms with Gasteiger partial charge in [0.25, 0.3) is 5.78 Å². The van der Waals surface area contributed by atoms with E-state index in [2.05, 4.69) is 25.6 Å². The zero-order valence-electron chi connectivity index (χ0n) is 21.4. The van der Waals surface area contributed by atoms with Gasteiger partial charge in [-0.25, -0.2) is 9.89 Å². The van der Waals surface area contributed by atoms with Crippen molar-refractivity contribution in [2.75, 3.05) is 0 Å². The maximum absolute atomic E-state index is 13.5. The Bertz CT molecular complexity index is 1690. The Labute approximate surface area is 226 Å². The standard InChI is InChI=1S/C28H24F3N7O2/c1-2-3-8-20-17-38(24-12-7-6-11-23(24)25(39)28(29,30)31)27(40)37(20)16-19-14-13-18(15-32-19)21-9-4-5-10-22(21)26-33-35-36-34-26/h4-7,9-15,17H,2-3,8,16H2,1H3,(H,33,34,35,36). The number of halogens is 3. The summed E-state index contributed by atoms with van der Waals surface area (Å²) in [5, 5.41) is 14.0. The van der Waals surface area contributed by atoms with Crippen LogP contribution in [0.3, 0.4) is 0 Å². The lowest BCUT2D eigenvalue weighted by Gasteiger charge is -2.11. The number of carbonyl (C=O) groups excluding carboxylic acids is 1. The Morgan fingerprint density at radius 3 is 2.42 bits per heavy atom. The van der Waals surface area contributed by atoms with Crippen LogP contribution < -0.4 is 5.69 Å². The minimum Gasteiger partial charge on any atom is -0.290 e. The van der Waals surface area contributed by atoms with E-state index in [0.717, 1.165) is 40.2 Å².